The van der Waals surface area contributed by atoms with Crippen molar-refractivity contribution in [2.75, 3.05) is 20.8 Å². The minimum atomic E-state index is -0.813. The van der Waals surface area contributed by atoms with Gasteiger partial charge < -0.3 is 14.6 Å². The largest absolute Gasteiger partial charge is 0.496 e. The van der Waals surface area contributed by atoms with Crippen LogP contribution in [0.1, 0.15) is 30.1 Å². The van der Waals surface area contributed by atoms with Crippen LogP contribution in [0.5, 0.6) is 11.5 Å². The highest BCUT2D eigenvalue weighted by Gasteiger charge is 2.39. The lowest BCUT2D eigenvalue weighted by molar-refractivity contribution is -0.142. The quantitative estimate of drug-likeness (QED) is 0.870. The highest BCUT2D eigenvalue weighted by molar-refractivity contribution is 5.74. The molecule has 1 aromatic carbocycles. The van der Waals surface area contributed by atoms with Crippen molar-refractivity contribution in [2.24, 2.45) is 0 Å². The van der Waals surface area contributed by atoms with Gasteiger partial charge in [0, 0.05) is 12.7 Å². The van der Waals surface area contributed by atoms with Crippen LogP contribution >= 0.6 is 0 Å². The lowest BCUT2D eigenvalue weighted by atomic mass is 9.98. The topological polar surface area (TPSA) is 71.9 Å². The molecule has 0 radical (unpaired) electrons. The first-order chi connectivity index (χ1) is 12.2. The van der Waals surface area contributed by atoms with E-state index in [9.17, 15) is 9.90 Å². The van der Waals surface area contributed by atoms with Gasteiger partial charge >= 0.3 is 5.97 Å². The number of carbonyl (C=O) groups is 1. The van der Waals surface area contributed by atoms with Crippen LogP contribution in [0.3, 0.4) is 0 Å². The van der Waals surface area contributed by atoms with Crippen molar-refractivity contribution in [3.63, 3.8) is 0 Å². The van der Waals surface area contributed by atoms with Crippen molar-refractivity contribution in [2.45, 2.75) is 24.9 Å². The predicted octanol–water partition coefficient (Wildman–Crippen LogP) is 2.74. The van der Waals surface area contributed by atoms with E-state index in [-0.39, 0.29) is 6.04 Å². The molecule has 1 aliphatic heterocycles. The molecule has 0 spiro atoms. The van der Waals surface area contributed by atoms with E-state index in [1.165, 1.54) is 0 Å². The lowest BCUT2D eigenvalue weighted by Crippen LogP contribution is -2.39. The molecule has 6 heteroatoms. The maximum absolute atomic E-state index is 11.8. The summed E-state index contributed by atoms with van der Waals surface area (Å²) in [7, 11) is 3.21. The Morgan fingerprint density at radius 1 is 1.20 bits per heavy atom. The van der Waals surface area contributed by atoms with Gasteiger partial charge in [-0.2, -0.15) is 0 Å². The molecular weight excluding hydrogens is 320 g/mol. The van der Waals surface area contributed by atoms with Gasteiger partial charge in [0.15, 0.2) is 0 Å². The van der Waals surface area contributed by atoms with E-state index in [0.717, 1.165) is 17.7 Å². The van der Waals surface area contributed by atoms with E-state index in [4.69, 9.17) is 9.47 Å². The summed E-state index contributed by atoms with van der Waals surface area (Å²) in [6.07, 6.45) is 3.17. The number of benzene rings is 1. The minimum absolute atomic E-state index is 0.351. The van der Waals surface area contributed by atoms with Crippen molar-refractivity contribution in [1.29, 1.82) is 0 Å². The fourth-order valence-corrected chi connectivity index (χ4v) is 3.53. The number of aliphatic carboxylic acids is 1. The van der Waals surface area contributed by atoms with Crippen molar-refractivity contribution in [1.82, 2.24) is 9.88 Å². The minimum Gasteiger partial charge on any atom is -0.496 e. The Labute approximate surface area is 147 Å². The summed E-state index contributed by atoms with van der Waals surface area (Å²) < 4.78 is 11.1. The maximum atomic E-state index is 11.8. The Morgan fingerprint density at radius 2 is 1.92 bits per heavy atom. The lowest BCUT2D eigenvalue weighted by Gasteiger charge is -2.32. The zero-order valence-corrected chi connectivity index (χ0v) is 14.4. The summed E-state index contributed by atoms with van der Waals surface area (Å²) >= 11 is 0. The molecule has 1 N–H and O–H groups in total. The van der Waals surface area contributed by atoms with Crippen LogP contribution in [-0.4, -0.2) is 47.8 Å². The number of ether oxygens (including phenoxy) is 2. The van der Waals surface area contributed by atoms with E-state index in [1.54, 1.807) is 20.4 Å². The van der Waals surface area contributed by atoms with Gasteiger partial charge in [-0.25, -0.2) is 0 Å². The number of carboxylic acids is 1. The van der Waals surface area contributed by atoms with Crippen LogP contribution in [0.15, 0.2) is 42.6 Å². The molecule has 1 saturated heterocycles. The summed E-state index contributed by atoms with van der Waals surface area (Å²) in [4.78, 5) is 18.2. The molecule has 3 rings (SSSR count). The van der Waals surface area contributed by atoms with E-state index < -0.39 is 12.0 Å². The van der Waals surface area contributed by atoms with Gasteiger partial charge in [-0.15, -0.1) is 0 Å². The Bertz CT molecular complexity index is 713. The third-order valence-corrected chi connectivity index (χ3v) is 4.62. The normalized spacial score (nSPS) is 18.7. The van der Waals surface area contributed by atoms with Gasteiger partial charge in [-0.05, 0) is 37.1 Å². The van der Waals surface area contributed by atoms with E-state index in [1.807, 2.05) is 41.3 Å². The first kappa shape index (κ1) is 17.2. The SMILES string of the molecule is COc1cccc(OC)c1C(c1ccccn1)N1CCCC1C(=O)O. The fraction of sp³-hybridized carbons (Fsp3) is 0.368. The number of aromatic nitrogens is 1. The first-order valence-electron chi connectivity index (χ1n) is 8.27. The molecule has 1 fully saturated rings. The van der Waals surface area contributed by atoms with Gasteiger partial charge in [0.2, 0.25) is 0 Å². The maximum Gasteiger partial charge on any atom is 0.320 e. The number of hydrogen-bond donors (Lipinski definition) is 1. The number of nitrogens with zero attached hydrogens (tertiary/aromatic N) is 2. The molecule has 2 unspecified atom stereocenters. The van der Waals surface area contributed by atoms with E-state index in [0.29, 0.717) is 24.5 Å². The van der Waals surface area contributed by atoms with E-state index in [2.05, 4.69) is 4.98 Å². The van der Waals surface area contributed by atoms with Gasteiger partial charge in [-0.3, -0.25) is 14.7 Å². The van der Waals surface area contributed by atoms with Gasteiger partial charge in [0.05, 0.1) is 31.5 Å². The Kier molecular flexibility index (Phi) is 5.19. The zero-order valence-electron chi connectivity index (χ0n) is 14.4. The summed E-state index contributed by atoms with van der Waals surface area (Å²) in [5.74, 6) is 0.504. The molecule has 2 aromatic rings. The molecule has 0 aliphatic carbocycles. The molecular formula is C19H22N2O4. The molecule has 1 aromatic heterocycles. The van der Waals surface area contributed by atoms with Gasteiger partial charge in [0.25, 0.3) is 0 Å². The average molecular weight is 342 g/mol. The predicted molar refractivity (Wildman–Crippen MR) is 93.0 cm³/mol. The van der Waals surface area contributed by atoms with Crippen molar-refractivity contribution in [3.05, 3.63) is 53.9 Å². The summed E-state index contributed by atoms with van der Waals surface area (Å²) in [5.41, 5.74) is 1.58. The molecule has 6 nitrogen and oxygen atoms in total. The van der Waals surface area contributed by atoms with Crippen LogP contribution in [0.25, 0.3) is 0 Å². The first-order valence-corrected chi connectivity index (χ1v) is 8.27. The number of methoxy groups -OCH3 is 2. The van der Waals surface area contributed by atoms with Crippen molar-refractivity contribution < 1.29 is 19.4 Å². The second-order valence-corrected chi connectivity index (χ2v) is 5.97. The Balaban J connectivity index is 2.18. The Morgan fingerprint density at radius 3 is 2.48 bits per heavy atom. The zero-order chi connectivity index (χ0) is 17.8. The highest BCUT2D eigenvalue weighted by Crippen LogP contribution is 2.42. The van der Waals surface area contributed by atoms with Crippen LogP contribution in [0.2, 0.25) is 0 Å². The van der Waals surface area contributed by atoms with Gasteiger partial charge in [0.1, 0.15) is 17.5 Å². The van der Waals surface area contributed by atoms with Crippen LogP contribution in [0, 0.1) is 0 Å². The van der Waals surface area contributed by atoms with Crippen LogP contribution in [-0.2, 0) is 4.79 Å². The second-order valence-electron chi connectivity index (χ2n) is 5.97. The average Bonchev–Trinajstić information content (AvgIpc) is 3.12. The van der Waals surface area contributed by atoms with Crippen LogP contribution < -0.4 is 9.47 Å². The van der Waals surface area contributed by atoms with Crippen molar-refractivity contribution in [3.8, 4) is 11.5 Å². The number of rotatable bonds is 6. The molecule has 2 atom stereocenters. The molecule has 25 heavy (non-hydrogen) atoms. The summed E-state index contributed by atoms with van der Waals surface area (Å²) in [6.45, 7) is 0.680. The molecule has 0 bridgehead atoms. The smallest absolute Gasteiger partial charge is 0.320 e. The number of carboxylic acid groups (broad SMARTS) is 1. The summed E-state index contributed by atoms with van der Waals surface area (Å²) in [5, 5.41) is 9.65. The molecule has 2 heterocycles. The molecule has 1 aliphatic rings. The second kappa shape index (κ2) is 7.53. The fourth-order valence-electron chi connectivity index (χ4n) is 3.53. The van der Waals surface area contributed by atoms with Crippen LogP contribution in [0.4, 0.5) is 0 Å². The number of hydrogen-bond acceptors (Lipinski definition) is 5. The molecule has 132 valence electrons. The third kappa shape index (κ3) is 3.30. The monoisotopic (exact) mass is 342 g/mol. The van der Waals surface area contributed by atoms with Gasteiger partial charge in [-0.1, -0.05) is 12.1 Å². The molecule has 0 amide bonds. The molecule has 0 saturated carbocycles. The standard InChI is InChI=1S/C19H22N2O4/c1-24-15-9-5-10-16(25-2)17(15)18(13-7-3-4-11-20-13)21-12-6-8-14(21)19(22)23/h3-5,7,9-11,14,18H,6,8,12H2,1-2H3,(H,22,23). The Hall–Kier alpha value is -2.60. The van der Waals surface area contributed by atoms with E-state index >= 15 is 0 Å². The number of likely N-dealkylation sites (tertiary alicyclic amines) is 1. The number of pyridine rings is 1. The summed E-state index contributed by atoms with van der Waals surface area (Å²) in [6, 6.07) is 10.3. The third-order valence-electron chi connectivity index (χ3n) is 4.62. The van der Waals surface area contributed by atoms with Crippen molar-refractivity contribution >= 4 is 5.97 Å². The highest BCUT2D eigenvalue weighted by atomic mass is 16.5.